The third-order valence-electron chi connectivity index (χ3n) is 5.07. The maximum Gasteiger partial charge on any atom is 0.191 e. The number of anilines is 1. The van der Waals surface area contributed by atoms with E-state index in [2.05, 4.69) is 63.8 Å². The van der Waals surface area contributed by atoms with E-state index in [0.717, 1.165) is 37.9 Å². The minimum atomic E-state index is 0. The summed E-state index contributed by atoms with van der Waals surface area (Å²) in [7, 11) is 3.55. The Labute approximate surface area is 185 Å². The number of ether oxygens (including phenoxy) is 1. The van der Waals surface area contributed by atoms with Crippen LogP contribution in [0.15, 0.2) is 53.5 Å². The first-order valence-electron chi connectivity index (χ1n) is 9.57. The van der Waals surface area contributed by atoms with Gasteiger partial charge in [0.05, 0.1) is 12.8 Å². The molecule has 3 rings (SSSR count). The van der Waals surface area contributed by atoms with E-state index in [-0.39, 0.29) is 24.0 Å². The SMILES string of the molecule is CN=C(NCc1ccc(C)cc1)NCC1CCN(c2ccccc2OC)C1.I. The van der Waals surface area contributed by atoms with Gasteiger partial charge >= 0.3 is 0 Å². The first-order valence-corrected chi connectivity index (χ1v) is 9.57. The summed E-state index contributed by atoms with van der Waals surface area (Å²) in [6.07, 6.45) is 1.17. The molecule has 2 aromatic rings. The maximum atomic E-state index is 5.50. The lowest BCUT2D eigenvalue weighted by atomic mass is 10.1. The number of guanidine groups is 1. The second kappa shape index (κ2) is 11.1. The minimum absolute atomic E-state index is 0. The van der Waals surface area contributed by atoms with Gasteiger partial charge in [-0.3, -0.25) is 4.99 Å². The fraction of sp³-hybridized carbons (Fsp3) is 0.409. The standard InChI is InChI=1S/C22H30N4O.HI/c1-17-8-10-18(11-9-17)14-24-22(23-2)25-15-19-12-13-26(16-19)20-6-4-5-7-21(20)27-3;/h4-11,19H,12-16H2,1-3H3,(H2,23,24,25);1H. The van der Waals surface area contributed by atoms with Crippen LogP contribution in [-0.2, 0) is 6.54 Å². The fourth-order valence-corrected chi connectivity index (χ4v) is 3.46. The van der Waals surface area contributed by atoms with Crippen molar-refractivity contribution >= 4 is 35.6 Å². The van der Waals surface area contributed by atoms with Crippen LogP contribution < -0.4 is 20.3 Å². The lowest BCUT2D eigenvalue weighted by Gasteiger charge is -2.21. The zero-order valence-corrected chi connectivity index (χ0v) is 19.3. The molecule has 0 aromatic heterocycles. The fourth-order valence-electron chi connectivity index (χ4n) is 3.46. The molecule has 0 bridgehead atoms. The molecule has 0 radical (unpaired) electrons. The van der Waals surface area contributed by atoms with Gasteiger partial charge in [-0.25, -0.2) is 0 Å². The number of hydrogen-bond donors (Lipinski definition) is 2. The van der Waals surface area contributed by atoms with Crippen LogP contribution in [0.5, 0.6) is 5.75 Å². The monoisotopic (exact) mass is 494 g/mol. The van der Waals surface area contributed by atoms with E-state index >= 15 is 0 Å². The average molecular weight is 494 g/mol. The zero-order chi connectivity index (χ0) is 19.1. The number of hydrogen-bond acceptors (Lipinski definition) is 3. The highest BCUT2D eigenvalue weighted by Gasteiger charge is 2.24. The maximum absolute atomic E-state index is 5.50. The molecule has 6 heteroatoms. The van der Waals surface area contributed by atoms with Crippen LogP contribution in [0.2, 0.25) is 0 Å². The highest BCUT2D eigenvalue weighted by Crippen LogP contribution is 2.31. The number of halogens is 1. The summed E-state index contributed by atoms with van der Waals surface area (Å²) in [4.78, 5) is 6.76. The van der Waals surface area contributed by atoms with Crippen molar-refractivity contribution in [3.8, 4) is 5.75 Å². The predicted molar refractivity (Wildman–Crippen MR) is 128 cm³/mol. The van der Waals surface area contributed by atoms with Crippen molar-refractivity contribution < 1.29 is 4.74 Å². The van der Waals surface area contributed by atoms with Gasteiger partial charge in [-0.2, -0.15) is 0 Å². The van der Waals surface area contributed by atoms with E-state index in [1.165, 1.54) is 23.2 Å². The molecule has 1 atom stereocenters. The molecule has 1 unspecified atom stereocenters. The molecular formula is C22H31IN4O. The second-order valence-corrected chi connectivity index (χ2v) is 7.06. The Bertz CT molecular complexity index is 763. The Kier molecular flexibility index (Phi) is 8.89. The Balaban J connectivity index is 0.00000280. The summed E-state index contributed by atoms with van der Waals surface area (Å²) < 4.78 is 5.50. The first kappa shape index (κ1) is 22.3. The van der Waals surface area contributed by atoms with Gasteiger partial charge in [-0.15, -0.1) is 24.0 Å². The zero-order valence-electron chi connectivity index (χ0n) is 16.9. The van der Waals surface area contributed by atoms with Crippen molar-refractivity contribution in [2.75, 3.05) is 38.7 Å². The molecule has 2 aromatic carbocycles. The Morgan fingerprint density at radius 3 is 2.61 bits per heavy atom. The molecule has 0 aliphatic carbocycles. The smallest absolute Gasteiger partial charge is 0.191 e. The Morgan fingerprint density at radius 1 is 1.14 bits per heavy atom. The van der Waals surface area contributed by atoms with Gasteiger partial charge in [0, 0.05) is 33.2 Å². The van der Waals surface area contributed by atoms with Crippen LogP contribution in [-0.4, -0.2) is 39.8 Å². The Hall–Kier alpha value is -1.96. The second-order valence-electron chi connectivity index (χ2n) is 7.06. The predicted octanol–water partition coefficient (Wildman–Crippen LogP) is 3.81. The van der Waals surface area contributed by atoms with Crippen molar-refractivity contribution in [1.82, 2.24) is 10.6 Å². The van der Waals surface area contributed by atoms with Gasteiger partial charge in [0.2, 0.25) is 0 Å². The van der Waals surface area contributed by atoms with Crippen molar-refractivity contribution in [3.63, 3.8) is 0 Å². The van der Waals surface area contributed by atoms with Crippen molar-refractivity contribution in [2.45, 2.75) is 19.9 Å². The van der Waals surface area contributed by atoms with Gasteiger partial charge in [0.15, 0.2) is 5.96 Å². The number of methoxy groups -OCH3 is 1. The van der Waals surface area contributed by atoms with Crippen LogP contribution in [0.1, 0.15) is 17.5 Å². The molecule has 5 nitrogen and oxygen atoms in total. The molecule has 1 aliphatic rings. The van der Waals surface area contributed by atoms with E-state index in [4.69, 9.17) is 4.74 Å². The van der Waals surface area contributed by atoms with Gasteiger partial charge in [0.1, 0.15) is 5.75 Å². The molecule has 152 valence electrons. The highest BCUT2D eigenvalue weighted by molar-refractivity contribution is 14.0. The lowest BCUT2D eigenvalue weighted by Crippen LogP contribution is -2.39. The lowest BCUT2D eigenvalue weighted by molar-refractivity contribution is 0.414. The summed E-state index contributed by atoms with van der Waals surface area (Å²) in [5.41, 5.74) is 3.72. The quantitative estimate of drug-likeness (QED) is 0.365. The third kappa shape index (κ3) is 6.02. The van der Waals surface area contributed by atoms with Gasteiger partial charge in [0.25, 0.3) is 0 Å². The Morgan fingerprint density at radius 2 is 1.89 bits per heavy atom. The summed E-state index contributed by atoms with van der Waals surface area (Å²) >= 11 is 0. The number of aliphatic imine (C=N–C) groups is 1. The normalized spacial score (nSPS) is 16.5. The van der Waals surface area contributed by atoms with Crippen molar-refractivity contribution in [1.29, 1.82) is 0 Å². The number of nitrogens with zero attached hydrogens (tertiary/aromatic N) is 2. The summed E-state index contributed by atoms with van der Waals surface area (Å²) in [6, 6.07) is 16.8. The van der Waals surface area contributed by atoms with E-state index in [9.17, 15) is 0 Å². The molecule has 2 N–H and O–H groups in total. The van der Waals surface area contributed by atoms with Crippen molar-refractivity contribution in [2.24, 2.45) is 10.9 Å². The average Bonchev–Trinajstić information content (AvgIpc) is 3.18. The molecule has 1 aliphatic heterocycles. The van der Waals surface area contributed by atoms with Crippen LogP contribution in [0.3, 0.4) is 0 Å². The van der Waals surface area contributed by atoms with E-state index in [0.29, 0.717) is 5.92 Å². The van der Waals surface area contributed by atoms with Crippen LogP contribution >= 0.6 is 24.0 Å². The third-order valence-corrected chi connectivity index (χ3v) is 5.07. The molecule has 28 heavy (non-hydrogen) atoms. The summed E-state index contributed by atoms with van der Waals surface area (Å²) in [5.74, 6) is 2.39. The summed E-state index contributed by atoms with van der Waals surface area (Å²) in [5, 5.41) is 6.87. The van der Waals surface area contributed by atoms with Crippen molar-refractivity contribution in [3.05, 3.63) is 59.7 Å². The molecule has 1 saturated heterocycles. The largest absolute Gasteiger partial charge is 0.495 e. The van der Waals surface area contributed by atoms with Gasteiger partial charge < -0.3 is 20.3 Å². The number of nitrogens with one attached hydrogen (secondary N) is 2. The first-order chi connectivity index (χ1) is 13.2. The highest BCUT2D eigenvalue weighted by atomic mass is 127. The molecule has 0 amide bonds. The number of rotatable bonds is 6. The molecular weight excluding hydrogens is 463 g/mol. The molecule has 1 heterocycles. The van der Waals surface area contributed by atoms with E-state index in [1.54, 1.807) is 7.11 Å². The topological polar surface area (TPSA) is 48.9 Å². The van der Waals surface area contributed by atoms with Crippen LogP contribution in [0.25, 0.3) is 0 Å². The summed E-state index contributed by atoms with van der Waals surface area (Å²) in [6.45, 7) is 5.88. The van der Waals surface area contributed by atoms with E-state index in [1.807, 2.05) is 19.2 Å². The number of para-hydroxylation sites is 2. The van der Waals surface area contributed by atoms with Crippen LogP contribution in [0, 0.1) is 12.8 Å². The minimum Gasteiger partial charge on any atom is -0.495 e. The van der Waals surface area contributed by atoms with Gasteiger partial charge in [-0.1, -0.05) is 42.0 Å². The molecule has 0 spiro atoms. The molecule has 0 saturated carbocycles. The van der Waals surface area contributed by atoms with E-state index < -0.39 is 0 Å². The molecule has 1 fully saturated rings. The van der Waals surface area contributed by atoms with Gasteiger partial charge in [-0.05, 0) is 37.0 Å². The number of benzene rings is 2. The number of aryl methyl sites for hydroxylation is 1. The van der Waals surface area contributed by atoms with Crippen LogP contribution in [0.4, 0.5) is 5.69 Å².